The molecule has 0 radical (unpaired) electrons. The smallest absolute Gasteiger partial charge is 0.189 e. The van der Waals surface area contributed by atoms with Crippen LogP contribution in [0.15, 0.2) is 59.2 Å². The maximum Gasteiger partial charge on any atom is 0.189 e. The Labute approximate surface area is 163 Å². The Balaban J connectivity index is 1.55. The molecule has 1 aliphatic rings. The van der Waals surface area contributed by atoms with Crippen LogP contribution >= 0.6 is 0 Å². The first-order valence-electron chi connectivity index (χ1n) is 9.37. The van der Waals surface area contributed by atoms with Crippen LogP contribution in [-0.4, -0.2) is 21.0 Å². The standard InChI is InChI=1S/C21H24N4O3/c1-14-21(16-9-10-17(12-16)22-13-18-6-5-11-28-18)15(2)24(23-14)19-7-3-4-8-20(19)25(26)27/h3-11,16-17,22,25-26H,12-13H2,1-2H3/t16-,17+/m0/s1. The first-order chi connectivity index (χ1) is 13.5. The van der Waals surface area contributed by atoms with Crippen molar-refractivity contribution in [1.82, 2.24) is 15.1 Å². The maximum absolute atomic E-state index is 11.6. The van der Waals surface area contributed by atoms with Crippen molar-refractivity contribution in [2.75, 3.05) is 0 Å². The van der Waals surface area contributed by atoms with Gasteiger partial charge in [0.15, 0.2) is 5.69 Å². The molecule has 1 aromatic carbocycles. The Morgan fingerprint density at radius 3 is 2.82 bits per heavy atom. The molecule has 0 fully saturated rings. The van der Waals surface area contributed by atoms with E-state index in [-0.39, 0.29) is 17.6 Å². The molecular formula is C21H24N4O3. The predicted molar refractivity (Wildman–Crippen MR) is 105 cm³/mol. The number of nitrogens with one attached hydrogen (secondary N) is 2. The van der Waals surface area contributed by atoms with Crippen molar-refractivity contribution >= 4 is 5.69 Å². The number of nitrogens with zero attached hydrogens (tertiary/aromatic N) is 2. The molecular weight excluding hydrogens is 356 g/mol. The van der Waals surface area contributed by atoms with Gasteiger partial charge in [0.2, 0.25) is 0 Å². The van der Waals surface area contributed by atoms with Crippen LogP contribution < -0.4 is 10.5 Å². The van der Waals surface area contributed by atoms with Gasteiger partial charge >= 0.3 is 0 Å². The summed E-state index contributed by atoms with van der Waals surface area (Å²) in [6.45, 7) is 4.68. The molecule has 7 heteroatoms. The molecule has 0 spiro atoms. The van der Waals surface area contributed by atoms with Crippen molar-refractivity contribution in [3.63, 3.8) is 0 Å². The molecule has 0 amide bonds. The van der Waals surface area contributed by atoms with E-state index in [0.717, 1.165) is 23.6 Å². The Bertz CT molecular complexity index is 976. The molecule has 0 aliphatic heterocycles. The molecule has 0 saturated heterocycles. The second-order valence-corrected chi connectivity index (χ2v) is 7.11. The van der Waals surface area contributed by atoms with Crippen LogP contribution in [0.1, 0.15) is 35.1 Å². The van der Waals surface area contributed by atoms with E-state index in [2.05, 4.69) is 22.6 Å². The summed E-state index contributed by atoms with van der Waals surface area (Å²) >= 11 is 0. The fraction of sp³-hybridized carbons (Fsp3) is 0.286. The number of quaternary nitrogens is 1. The van der Waals surface area contributed by atoms with Crippen LogP contribution in [-0.2, 0) is 6.54 Å². The van der Waals surface area contributed by atoms with Crippen molar-refractivity contribution in [2.24, 2.45) is 0 Å². The van der Waals surface area contributed by atoms with E-state index in [1.807, 2.05) is 32.0 Å². The number of aryl methyl sites for hydroxylation is 1. The summed E-state index contributed by atoms with van der Waals surface area (Å²) in [4.78, 5) is 0. The molecule has 2 heterocycles. The van der Waals surface area contributed by atoms with Crippen LogP contribution in [0.2, 0.25) is 0 Å². The third-order valence-electron chi connectivity index (χ3n) is 5.28. The van der Waals surface area contributed by atoms with E-state index in [1.165, 1.54) is 5.56 Å². The molecule has 2 aromatic heterocycles. The zero-order valence-electron chi connectivity index (χ0n) is 15.9. The third-order valence-corrected chi connectivity index (χ3v) is 5.28. The van der Waals surface area contributed by atoms with Crippen molar-refractivity contribution in [2.45, 2.75) is 38.8 Å². The zero-order valence-corrected chi connectivity index (χ0v) is 15.9. The molecule has 3 N–H and O–H groups in total. The molecule has 1 aliphatic carbocycles. The monoisotopic (exact) mass is 380 g/mol. The van der Waals surface area contributed by atoms with Gasteiger partial charge in [-0.1, -0.05) is 24.3 Å². The topological polar surface area (TPSA) is 90.7 Å². The number of hydrogen-bond acceptors (Lipinski definition) is 5. The van der Waals surface area contributed by atoms with E-state index >= 15 is 0 Å². The molecule has 1 unspecified atom stereocenters. The Hall–Kier alpha value is -2.71. The highest BCUT2D eigenvalue weighted by atomic mass is 16.8. The quantitative estimate of drug-likeness (QED) is 0.452. The molecule has 3 aromatic rings. The largest absolute Gasteiger partial charge is 0.595 e. The third kappa shape index (κ3) is 3.53. The molecule has 0 bridgehead atoms. The SMILES string of the molecule is Cc1nn(-c2ccccc2[NH+]([O-])O)c(C)c1[C@H]1C=C[C@@H](NCc2ccco2)C1. The highest BCUT2D eigenvalue weighted by Crippen LogP contribution is 2.34. The molecule has 146 valence electrons. The average molecular weight is 380 g/mol. The first kappa shape index (κ1) is 18.6. The van der Waals surface area contributed by atoms with Gasteiger partial charge in [-0.2, -0.15) is 10.3 Å². The molecule has 7 nitrogen and oxygen atoms in total. The lowest BCUT2D eigenvalue weighted by Crippen LogP contribution is -2.99. The van der Waals surface area contributed by atoms with Crippen LogP contribution in [0.4, 0.5) is 5.69 Å². The number of hydrogen-bond donors (Lipinski definition) is 3. The zero-order chi connectivity index (χ0) is 19.7. The van der Waals surface area contributed by atoms with E-state index in [4.69, 9.17) is 4.42 Å². The number of aromatic nitrogens is 2. The van der Waals surface area contributed by atoms with E-state index < -0.39 is 5.23 Å². The molecule has 0 saturated carbocycles. The summed E-state index contributed by atoms with van der Waals surface area (Å²) in [6, 6.07) is 11.1. The number of rotatable bonds is 6. The van der Waals surface area contributed by atoms with Gasteiger partial charge in [0.1, 0.15) is 11.4 Å². The maximum atomic E-state index is 11.6. The lowest BCUT2D eigenvalue weighted by atomic mass is 9.96. The predicted octanol–water partition coefficient (Wildman–Crippen LogP) is 2.69. The average Bonchev–Trinajstić information content (AvgIpc) is 3.41. The van der Waals surface area contributed by atoms with Crippen LogP contribution in [0.5, 0.6) is 0 Å². The minimum atomic E-state index is -0.951. The van der Waals surface area contributed by atoms with Gasteiger partial charge in [0.25, 0.3) is 0 Å². The fourth-order valence-corrected chi connectivity index (χ4v) is 3.97. The first-order valence-corrected chi connectivity index (χ1v) is 9.37. The van der Waals surface area contributed by atoms with Gasteiger partial charge in [0.05, 0.1) is 18.5 Å². The molecule has 3 atom stereocenters. The van der Waals surface area contributed by atoms with Gasteiger partial charge in [0, 0.05) is 29.3 Å². The molecule has 28 heavy (non-hydrogen) atoms. The summed E-state index contributed by atoms with van der Waals surface area (Å²) in [5, 5.41) is 28.3. The minimum absolute atomic E-state index is 0.250. The highest BCUT2D eigenvalue weighted by molar-refractivity contribution is 5.53. The van der Waals surface area contributed by atoms with Crippen LogP contribution in [0.3, 0.4) is 0 Å². The normalized spacial score (nSPS) is 20.0. The number of benzene rings is 1. The lowest BCUT2D eigenvalue weighted by Gasteiger charge is -2.17. The van der Waals surface area contributed by atoms with Gasteiger partial charge in [-0.3, -0.25) is 0 Å². The summed E-state index contributed by atoms with van der Waals surface area (Å²) in [7, 11) is 0. The van der Waals surface area contributed by atoms with Gasteiger partial charge < -0.3 is 14.9 Å². The van der Waals surface area contributed by atoms with E-state index in [9.17, 15) is 10.4 Å². The summed E-state index contributed by atoms with van der Waals surface area (Å²) < 4.78 is 7.13. The Kier molecular flexibility index (Phi) is 5.15. The fourth-order valence-electron chi connectivity index (χ4n) is 3.97. The second kappa shape index (κ2) is 7.73. The van der Waals surface area contributed by atoms with Crippen molar-refractivity contribution in [3.8, 4) is 5.69 Å². The summed E-state index contributed by atoms with van der Waals surface area (Å²) in [5.41, 5.74) is 3.92. The number of allylic oxidation sites excluding steroid dienone is 1. The van der Waals surface area contributed by atoms with Crippen molar-refractivity contribution in [1.29, 1.82) is 0 Å². The van der Waals surface area contributed by atoms with Crippen molar-refractivity contribution in [3.05, 3.63) is 82.7 Å². The second-order valence-electron chi connectivity index (χ2n) is 7.11. The highest BCUT2D eigenvalue weighted by Gasteiger charge is 2.27. The summed E-state index contributed by atoms with van der Waals surface area (Å²) in [6.07, 6.45) is 7.02. The molecule has 4 rings (SSSR count). The van der Waals surface area contributed by atoms with Gasteiger partial charge in [-0.05, 0) is 38.5 Å². The van der Waals surface area contributed by atoms with Crippen LogP contribution in [0, 0.1) is 19.1 Å². The van der Waals surface area contributed by atoms with Gasteiger partial charge in [-0.25, -0.2) is 9.89 Å². The van der Waals surface area contributed by atoms with Gasteiger partial charge in [-0.15, -0.1) is 0 Å². The lowest BCUT2D eigenvalue weighted by molar-refractivity contribution is -0.991. The van der Waals surface area contributed by atoms with E-state index in [1.54, 1.807) is 29.1 Å². The Morgan fingerprint density at radius 2 is 2.07 bits per heavy atom. The number of furan rings is 1. The van der Waals surface area contributed by atoms with Crippen LogP contribution in [0.25, 0.3) is 5.69 Å². The Morgan fingerprint density at radius 1 is 1.25 bits per heavy atom. The van der Waals surface area contributed by atoms with E-state index in [0.29, 0.717) is 12.2 Å². The van der Waals surface area contributed by atoms with Crippen molar-refractivity contribution < 1.29 is 14.9 Å². The number of para-hydroxylation sites is 2. The summed E-state index contributed by atoms with van der Waals surface area (Å²) in [5.74, 6) is 1.17. The minimum Gasteiger partial charge on any atom is -0.595 e.